The Morgan fingerprint density at radius 3 is 2.39 bits per heavy atom. The van der Waals surface area contributed by atoms with Crippen LogP contribution in [0.5, 0.6) is 0 Å². The Balaban J connectivity index is 1.99. The maximum atomic E-state index is 4.34. The van der Waals surface area contributed by atoms with Gasteiger partial charge in [0.15, 0.2) is 0 Å². The molecule has 0 saturated carbocycles. The van der Waals surface area contributed by atoms with Crippen molar-refractivity contribution in [2.24, 2.45) is 0 Å². The third-order valence-electron chi connectivity index (χ3n) is 2.69. The molecule has 0 spiro atoms. The average Bonchev–Trinajstić information content (AvgIpc) is 2.45. The maximum Gasteiger partial charge on any atom is 0.225 e. The highest BCUT2D eigenvalue weighted by Crippen LogP contribution is 2.07. The normalized spacial score (nSPS) is 10.3. The number of aromatic nitrogens is 3. The first kappa shape index (κ1) is 12.5. The third kappa shape index (κ3) is 3.52. The molecule has 0 atom stereocenters. The van der Waals surface area contributed by atoms with Crippen LogP contribution in [-0.4, -0.2) is 28.0 Å². The Labute approximate surface area is 108 Å². The highest BCUT2D eigenvalue weighted by atomic mass is 15.2. The Morgan fingerprint density at radius 2 is 1.72 bits per heavy atom. The van der Waals surface area contributed by atoms with Gasteiger partial charge in [0.05, 0.1) is 0 Å². The van der Waals surface area contributed by atoms with E-state index in [0.717, 1.165) is 37.6 Å². The van der Waals surface area contributed by atoms with Gasteiger partial charge >= 0.3 is 0 Å². The summed E-state index contributed by atoms with van der Waals surface area (Å²) in [6.45, 7) is 4.03. The maximum absolute atomic E-state index is 4.34. The molecule has 4 nitrogen and oxygen atoms in total. The zero-order valence-corrected chi connectivity index (χ0v) is 10.7. The monoisotopic (exact) mass is 242 g/mol. The number of pyridine rings is 1. The standard InChI is InChI=1S/C14H18N4/c1-2-11-18(14-16-9-5-10-17-14)12-7-13-6-3-4-8-15-13/h3-6,8-10H,2,7,11-12H2,1H3. The molecule has 4 heteroatoms. The molecule has 0 saturated heterocycles. The van der Waals surface area contributed by atoms with Crippen LogP contribution < -0.4 is 4.90 Å². The molecule has 2 aromatic rings. The van der Waals surface area contributed by atoms with Crippen LogP contribution in [0.25, 0.3) is 0 Å². The summed E-state index contributed by atoms with van der Waals surface area (Å²) in [6.07, 6.45) is 7.40. The quantitative estimate of drug-likeness (QED) is 0.779. The Kier molecular flexibility index (Phi) is 4.64. The average molecular weight is 242 g/mol. The van der Waals surface area contributed by atoms with Crippen molar-refractivity contribution in [3.8, 4) is 0 Å². The van der Waals surface area contributed by atoms with Gasteiger partial charge in [-0.15, -0.1) is 0 Å². The molecule has 94 valence electrons. The minimum atomic E-state index is 0.801. The summed E-state index contributed by atoms with van der Waals surface area (Å²) in [5, 5.41) is 0. The molecule has 0 bridgehead atoms. The van der Waals surface area contributed by atoms with Gasteiger partial charge in [-0.3, -0.25) is 4.98 Å². The van der Waals surface area contributed by atoms with Crippen LogP contribution in [0.15, 0.2) is 42.9 Å². The molecule has 0 aliphatic carbocycles. The van der Waals surface area contributed by atoms with Crippen molar-refractivity contribution in [2.75, 3.05) is 18.0 Å². The van der Waals surface area contributed by atoms with Crippen LogP contribution in [0, 0.1) is 0 Å². The van der Waals surface area contributed by atoms with E-state index in [1.807, 2.05) is 24.4 Å². The first-order chi connectivity index (χ1) is 8.90. The zero-order chi connectivity index (χ0) is 12.6. The molecule has 0 N–H and O–H groups in total. The lowest BCUT2D eigenvalue weighted by Gasteiger charge is -2.21. The van der Waals surface area contributed by atoms with E-state index in [9.17, 15) is 0 Å². The molecule has 18 heavy (non-hydrogen) atoms. The van der Waals surface area contributed by atoms with E-state index in [4.69, 9.17) is 0 Å². The molecule has 2 heterocycles. The SMILES string of the molecule is CCCN(CCc1ccccn1)c1ncccn1. The van der Waals surface area contributed by atoms with Gasteiger partial charge in [0.25, 0.3) is 0 Å². The van der Waals surface area contributed by atoms with Gasteiger partial charge in [0, 0.05) is 43.8 Å². The van der Waals surface area contributed by atoms with Crippen molar-refractivity contribution >= 4 is 5.95 Å². The molecule has 0 aliphatic rings. The molecular weight excluding hydrogens is 224 g/mol. The lowest BCUT2D eigenvalue weighted by molar-refractivity contribution is 0.724. The number of nitrogens with zero attached hydrogens (tertiary/aromatic N) is 4. The van der Waals surface area contributed by atoms with E-state index in [-0.39, 0.29) is 0 Å². The lowest BCUT2D eigenvalue weighted by Crippen LogP contribution is -2.28. The summed E-state index contributed by atoms with van der Waals surface area (Å²) in [4.78, 5) is 15.1. The summed E-state index contributed by atoms with van der Waals surface area (Å²) < 4.78 is 0. The van der Waals surface area contributed by atoms with E-state index < -0.39 is 0 Å². The minimum Gasteiger partial charge on any atom is -0.340 e. The van der Waals surface area contributed by atoms with E-state index in [1.165, 1.54) is 0 Å². The predicted octanol–water partition coefficient (Wildman–Crippen LogP) is 2.33. The van der Waals surface area contributed by atoms with Crippen LogP contribution in [-0.2, 0) is 6.42 Å². The Morgan fingerprint density at radius 1 is 0.944 bits per heavy atom. The summed E-state index contributed by atoms with van der Waals surface area (Å²) in [5.41, 5.74) is 1.11. The van der Waals surface area contributed by atoms with E-state index >= 15 is 0 Å². The first-order valence-corrected chi connectivity index (χ1v) is 6.32. The van der Waals surface area contributed by atoms with Crippen LogP contribution >= 0.6 is 0 Å². The number of hydrogen-bond donors (Lipinski definition) is 0. The molecular formula is C14H18N4. The lowest BCUT2D eigenvalue weighted by atomic mass is 10.2. The van der Waals surface area contributed by atoms with Gasteiger partial charge in [-0.05, 0) is 24.6 Å². The van der Waals surface area contributed by atoms with E-state index in [0.29, 0.717) is 0 Å². The molecule has 0 amide bonds. The van der Waals surface area contributed by atoms with Gasteiger partial charge in [-0.2, -0.15) is 0 Å². The van der Waals surface area contributed by atoms with Crippen LogP contribution in [0.4, 0.5) is 5.95 Å². The van der Waals surface area contributed by atoms with Crippen LogP contribution in [0.2, 0.25) is 0 Å². The second-order valence-electron chi connectivity index (χ2n) is 4.11. The smallest absolute Gasteiger partial charge is 0.225 e. The molecule has 0 aliphatic heterocycles. The third-order valence-corrected chi connectivity index (χ3v) is 2.69. The Bertz CT molecular complexity index is 444. The van der Waals surface area contributed by atoms with Crippen LogP contribution in [0.1, 0.15) is 19.0 Å². The van der Waals surface area contributed by atoms with Gasteiger partial charge in [-0.25, -0.2) is 9.97 Å². The van der Waals surface area contributed by atoms with Gasteiger partial charge < -0.3 is 4.90 Å². The second-order valence-corrected chi connectivity index (χ2v) is 4.11. The summed E-state index contributed by atoms with van der Waals surface area (Å²) in [6, 6.07) is 7.85. The minimum absolute atomic E-state index is 0.801. The zero-order valence-electron chi connectivity index (χ0n) is 10.7. The molecule has 0 fully saturated rings. The fourth-order valence-corrected chi connectivity index (χ4v) is 1.83. The van der Waals surface area contributed by atoms with Crippen molar-refractivity contribution < 1.29 is 0 Å². The van der Waals surface area contributed by atoms with Crippen molar-refractivity contribution in [1.82, 2.24) is 15.0 Å². The molecule has 2 rings (SSSR count). The summed E-state index contributed by atoms with van der Waals surface area (Å²) in [7, 11) is 0. The molecule has 0 unspecified atom stereocenters. The van der Waals surface area contributed by atoms with Gasteiger partial charge in [0.2, 0.25) is 5.95 Å². The fourth-order valence-electron chi connectivity index (χ4n) is 1.83. The Hall–Kier alpha value is -1.97. The molecule has 0 aromatic carbocycles. The van der Waals surface area contributed by atoms with Crippen molar-refractivity contribution in [3.63, 3.8) is 0 Å². The largest absolute Gasteiger partial charge is 0.340 e. The second kappa shape index (κ2) is 6.69. The number of rotatable bonds is 6. The summed E-state index contributed by atoms with van der Waals surface area (Å²) in [5.74, 6) is 0.801. The van der Waals surface area contributed by atoms with E-state index in [1.54, 1.807) is 12.4 Å². The highest BCUT2D eigenvalue weighted by Gasteiger charge is 2.07. The van der Waals surface area contributed by atoms with Gasteiger partial charge in [0.1, 0.15) is 0 Å². The predicted molar refractivity (Wildman–Crippen MR) is 72.5 cm³/mol. The topological polar surface area (TPSA) is 41.9 Å². The van der Waals surface area contributed by atoms with Crippen LogP contribution in [0.3, 0.4) is 0 Å². The summed E-state index contributed by atoms with van der Waals surface area (Å²) >= 11 is 0. The molecule has 2 aromatic heterocycles. The number of anilines is 1. The molecule has 0 radical (unpaired) electrons. The fraction of sp³-hybridized carbons (Fsp3) is 0.357. The van der Waals surface area contributed by atoms with Gasteiger partial charge in [-0.1, -0.05) is 13.0 Å². The highest BCUT2D eigenvalue weighted by molar-refractivity contribution is 5.28. The van der Waals surface area contributed by atoms with Crippen molar-refractivity contribution in [2.45, 2.75) is 19.8 Å². The number of hydrogen-bond acceptors (Lipinski definition) is 4. The van der Waals surface area contributed by atoms with Crippen molar-refractivity contribution in [3.05, 3.63) is 48.5 Å². The first-order valence-electron chi connectivity index (χ1n) is 6.32. The van der Waals surface area contributed by atoms with E-state index in [2.05, 4.69) is 32.8 Å². The van der Waals surface area contributed by atoms with Crippen molar-refractivity contribution in [1.29, 1.82) is 0 Å².